The van der Waals surface area contributed by atoms with Gasteiger partial charge in [-0.1, -0.05) is 86.4 Å². The normalized spacial score (nSPS) is 14.6. The Kier molecular flexibility index (Phi) is 7.72. The minimum atomic E-state index is -0.303. The molecule has 2 heterocycles. The molecule has 0 N–H and O–H groups in total. The van der Waals surface area contributed by atoms with Crippen molar-refractivity contribution in [2.75, 3.05) is 6.54 Å². The first-order valence-corrected chi connectivity index (χ1v) is 13.5. The van der Waals surface area contributed by atoms with Crippen LogP contribution in [0.2, 0.25) is 0 Å². The number of halogens is 1. The lowest BCUT2D eigenvalue weighted by Gasteiger charge is -2.16. The molecule has 1 aliphatic heterocycles. The Morgan fingerprint density at radius 1 is 1.05 bits per heavy atom. The Bertz CT molecular complexity index is 1510. The van der Waals surface area contributed by atoms with E-state index in [1.54, 1.807) is 27.8 Å². The van der Waals surface area contributed by atoms with Crippen molar-refractivity contribution < 1.29 is 13.9 Å². The van der Waals surface area contributed by atoms with E-state index < -0.39 is 0 Å². The lowest BCUT2D eigenvalue weighted by Crippen LogP contribution is -2.31. The predicted octanol–water partition coefficient (Wildman–Crippen LogP) is 7.11. The molecule has 192 valence electrons. The Balaban J connectivity index is 1.50. The lowest BCUT2D eigenvalue weighted by molar-refractivity contribution is -0.122. The van der Waals surface area contributed by atoms with E-state index in [1.807, 2.05) is 66.9 Å². The van der Waals surface area contributed by atoms with Crippen LogP contribution in [0.1, 0.15) is 25.0 Å². The summed E-state index contributed by atoms with van der Waals surface area (Å²) in [7, 11) is 0. The van der Waals surface area contributed by atoms with E-state index in [4.69, 9.17) is 22.1 Å². The van der Waals surface area contributed by atoms with Gasteiger partial charge in [-0.15, -0.1) is 0 Å². The Morgan fingerprint density at radius 3 is 2.58 bits per heavy atom. The largest absolute Gasteiger partial charge is 0.489 e. The van der Waals surface area contributed by atoms with Crippen LogP contribution in [0.4, 0.5) is 4.39 Å². The van der Waals surface area contributed by atoms with E-state index in [9.17, 15) is 9.18 Å². The van der Waals surface area contributed by atoms with Crippen molar-refractivity contribution in [2.24, 2.45) is 5.92 Å². The zero-order valence-electron chi connectivity index (χ0n) is 21.0. The number of amides is 1. The van der Waals surface area contributed by atoms with Crippen molar-refractivity contribution in [1.29, 1.82) is 0 Å². The molecule has 1 amide bonds. The Hall–Kier alpha value is -3.75. The zero-order valence-corrected chi connectivity index (χ0v) is 22.6. The van der Waals surface area contributed by atoms with Crippen LogP contribution in [0.5, 0.6) is 5.75 Å². The average molecular weight is 544 g/mol. The van der Waals surface area contributed by atoms with Gasteiger partial charge in [-0.3, -0.25) is 9.69 Å². The highest BCUT2D eigenvalue weighted by atomic mass is 32.2. The third-order valence-electron chi connectivity index (χ3n) is 5.93. The van der Waals surface area contributed by atoms with Gasteiger partial charge in [0.2, 0.25) is 0 Å². The Labute approximate surface area is 230 Å². The maximum absolute atomic E-state index is 14.1. The van der Waals surface area contributed by atoms with Gasteiger partial charge in [0.1, 0.15) is 28.2 Å². The van der Waals surface area contributed by atoms with E-state index in [0.717, 1.165) is 16.8 Å². The van der Waals surface area contributed by atoms with Gasteiger partial charge in [0.25, 0.3) is 5.91 Å². The number of hydrogen-bond donors (Lipinski definition) is 0. The molecule has 0 bridgehead atoms. The van der Waals surface area contributed by atoms with E-state index in [1.165, 1.54) is 17.8 Å². The van der Waals surface area contributed by atoms with Gasteiger partial charge >= 0.3 is 0 Å². The molecule has 5 rings (SSSR count). The third kappa shape index (κ3) is 5.71. The summed E-state index contributed by atoms with van der Waals surface area (Å²) in [4.78, 5) is 15.4. The molecule has 5 nitrogen and oxygen atoms in total. The first-order valence-electron chi connectivity index (χ1n) is 12.3. The maximum atomic E-state index is 14.1. The summed E-state index contributed by atoms with van der Waals surface area (Å²) in [6, 6.07) is 23.9. The van der Waals surface area contributed by atoms with Crippen molar-refractivity contribution in [2.45, 2.75) is 20.5 Å². The quantitative estimate of drug-likeness (QED) is 0.175. The summed E-state index contributed by atoms with van der Waals surface area (Å²) in [5.74, 6) is 0.506. The van der Waals surface area contributed by atoms with E-state index in [2.05, 4.69) is 13.8 Å². The van der Waals surface area contributed by atoms with Gasteiger partial charge in [0.15, 0.2) is 0 Å². The molecule has 1 aromatic heterocycles. The average Bonchev–Trinajstić information content (AvgIpc) is 3.45. The molecule has 0 unspecified atom stereocenters. The van der Waals surface area contributed by atoms with E-state index in [0.29, 0.717) is 38.7 Å². The molecule has 1 saturated heterocycles. The molecular weight excluding hydrogens is 517 g/mol. The van der Waals surface area contributed by atoms with Crippen molar-refractivity contribution >= 4 is 40.3 Å². The molecule has 38 heavy (non-hydrogen) atoms. The minimum Gasteiger partial charge on any atom is -0.489 e. The van der Waals surface area contributed by atoms with E-state index in [-0.39, 0.29) is 18.3 Å². The molecule has 3 aromatic carbocycles. The standard InChI is InChI=1S/C30H26FN3O2S2/c1-20(2)17-33-29(35)27(38-30(33)37)16-23-18-34(24-11-4-3-5-12-24)32-28(23)21-10-8-13-25(15-21)36-19-22-9-6-7-14-26(22)31/h3-16,18,20H,17,19H2,1-2H3. The number of rotatable bonds is 8. The molecule has 1 fully saturated rings. The number of para-hydroxylation sites is 1. The number of nitrogens with zero attached hydrogens (tertiary/aromatic N) is 3. The molecule has 0 aliphatic carbocycles. The van der Waals surface area contributed by atoms with Crippen LogP contribution in [0.3, 0.4) is 0 Å². The molecular formula is C30H26FN3O2S2. The second-order valence-corrected chi connectivity index (χ2v) is 11.0. The minimum absolute atomic E-state index is 0.0888. The van der Waals surface area contributed by atoms with Crippen molar-refractivity contribution in [3.63, 3.8) is 0 Å². The molecule has 1 aliphatic rings. The van der Waals surface area contributed by atoms with Crippen LogP contribution >= 0.6 is 24.0 Å². The van der Waals surface area contributed by atoms with Gasteiger partial charge < -0.3 is 4.74 Å². The van der Waals surface area contributed by atoms with Crippen LogP contribution in [0.15, 0.2) is 90.0 Å². The van der Waals surface area contributed by atoms with Gasteiger partial charge in [0, 0.05) is 29.4 Å². The fourth-order valence-corrected chi connectivity index (χ4v) is 5.37. The number of carbonyl (C=O) groups is 1. The molecule has 4 aromatic rings. The summed E-state index contributed by atoms with van der Waals surface area (Å²) < 4.78 is 22.3. The number of thiocarbonyl (C=S) groups is 1. The number of carbonyl (C=O) groups excluding carboxylic acids is 1. The summed E-state index contributed by atoms with van der Waals surface area (Å²) in [6.45, 7) is 4.82. The smallest absolute Gasteiger partial charge is 0.266 e. The van der Waals surface area contributed by atoms with Crippen LogP contribution in [-0.2, 0) is 11.4 Å². The van der Waals surface area contributed by atoms with Gasteiger partial charge in [0.05, 0.1) is 10.6 Å². The van der Waals surface area contributed by atoms with Crippen LogP contribution in [0, 0.1) is 11.7 Å². The molecule has 0 radical (unpaired) electrons. The number of ether oxygens (including phenoxy) is 1. The first-order chi connectivity index (χ1) is 18.4. The highest BCUT2D eigenvalue weighted by Gasteiger charge is 2.32. The highest BCUT2D eigenvalue weighted by Crippen LogP contribution is 2.36. The predicted molar refractivity (Wildman–Crippen MR) is 154 cm³/mol. The number of hydrogen-bond acceptors (Lipinski definition) is 5. The number of thioether (sulfide) groups is 1. The summed E-state index contributed by atoms with van der Waals surface area (Å²) in [6.07, 6.45) is 3.76. The summed E-state index contributed by atoms with van der Waals surface area (Å²) >= 11 is 6.81. The summed E-state index contributed by atoms with van der Waals surface area (Å²) in [5.41, 5.74) is 3.67. The van der Waals surface area contributed by atoms with Crippen molar-refractivity contribution in [3.05, 3.63) is 107 Å². The SMILES string of the molecule is CC(C)CN1C(=O)C(=Cc2cn(-c3ccccc3)nc2-c2cccc(OCc3ccccc3F)c2)SC1=S. The van der Waals surface area contributed by atoms with Crippen LogP contribution in [-0.4, -0.2) is 31.5 Å². The molecule has 0 atom stereocenters. The number of aromatic nitrogens is 2. The third-order valence-corrected chi connectivity index (χ3v) is 7.31. The van der Waals surface area contributed by atoms with Crippen LogP contribution in [0.25, 0.3) is 23.0 Å². The fraction of sp³-hybridized carbons (Fsp3) is 0.167. The zero-order chi connectivity index (χ0) is 26.6. The van der Waals surface area contributed by atoms with Crippen molar-refractivity contribution in [1.82, 2.24) is 14.7 Å². The maximum Gasteiger partial charge on any atom is 0.266 e. The lowest BCUT2D eigenvalue weighted by atomic mass is 10.1. The highest BCUT2D eigenvalue weighted by molar-refractivity contribution is 8.26. The van der Waals surface area contributed by atoms with Gasteiger partial charge in [-0.2, -0.15) is 5.10 Å². The monoisotopic (exact) mass is 543 g/mol. The summed E-state index contributed by atoms with van der Waals surface area (Å²) in [5, 5.41) is 4.87. The number of benzene rings is 3. The first kappa shape index (κ1) is 25.9. The van der Waals surface area contributed by atoms with Crippen molar-refractivity contribution in [3.8, 4) is 22.7 Å². The molecule has 8 heteroatoms. The van der Waals surface area contributed by atoms with Gasteiger partial charge in [-0.05, 0) is 42.3 Å². The van der Waals surface area contributed by atoms with Crippen LogP contribution < -0.4 is 4.74 Å². The second kappa shape index (κ2) is 11.3. The van der Waals surface area contributed by atoms with E-state index >= 15 is 0 Å². The Morgan fingerprint density at radius 2 is 1.82 bits per heavy atom. The topological polar surface area (TPSA) is 47.4 Å². The molecule has 0 spiro atoms. The molecule has 0 saturated carbocycles. The van der Waals surface area contributed by atoms with Gasteiger partial charge in [-0.25, -0.2) is 9.07 Å². The fourth-order valence-electron chi connectivity index (χ4n) is 4.10. The second-order valence-electron chi connectivity index (χ2n) is 9.31.